The molecule has 2 nitrogen and oxygen atoms in total. The van der Waals surface area contributed by atoms with Gasteiger partial charge in [-0.1, -0.05) is 30.3 Å². The van der Waals surface area contributed by atoms with Gasteiger partial charge in [0.2, 0.25) is 0 Å². The fourth-order valence-electron chi connectivity index (χ4n) is 1.16. The zero-order valence-electron chi connectivity index (χ0n) is 7.40. The smallest absolute Gasteiger partial charge is 0.124 e. The number of aromatic nitrogens is 1. The van der Waals surface area contributed by atoms with Gasteiger partial charge in [0.15, 0.2) is 0 Å². The zero-order chi connectivity index (χ0) is 9.97. The highest BCUT2D eigenvalue weighted by molar-refractivity contribution is 9.11. The van der Waals surface area contributed by atoms with Gasteiger partial charge in [0, 0.05) is 12.1 Å². The summed E-state index contributed by atoms with van der Waals surface area (Å²) >= 11 is 5.07. The number of halogens is 1. The zero-order valence-corrected chi connectivity index (χ0v) is 9.81. The molecule has 4 heteroatoms. The highest BCUT2D eigenvalue weighted by Crippen LogP contribution is 2.31. The molecule has 0 fully saturated rings. The highest BCUT2D eigenvalue weighted by Gasteiger charge is 2.08. The minimum absolute atomic E-state index is 0.476. The molecule has 72 valence electrons. The lowest BCUT2D eigenvalue weighted by Gasteiger charge is -1.92. The quantitative estimate of drug-likeness (QED) is 0.910. The van der Waals surface area contributed by atoms with Crippen molar-refractivity contribution in [3.05, 3.63) is 39.8 Å². The Labute approximate surface area is 94.9 Å². The summed E-state index contributed by atoms with van der Waals surface area (Å²) in [5, 5.41) is 1.01. The average Bonchev–Trinajstić information content (AvgIpc) is 2.61. The van der Waals surface area contributed by atoms with Crippen molar-refractivity contribution in [2.24, 2.45) is 5.73 Å². The van der Waals surface area contributed by atoms with E-state index in [9.17, 15) is 0 Å². The van der Waals surface area contributed by atoms with Crippen molar-refractivity contribution in [3.8, 4) is 10.6 Å². The van der Waals surface area contributed by atoms with Gasteiger partial charge >= 0.3 is 0 Å². The molecule has 2 aromatic rings. The maximum atomic E-state index is 5.56. The fourth-order valence-corrected chi connectivity index (χ4v) is 2.70. The number of nitrogens with zero attached hydrogens (tertiary/aromatic N) is 1. The van der Waals surface area contributed by atoms with Crippen molar-refractivity contribution >= 4 is 27.3 Å². The van der Waals surface area contributed by atoms with Crippen LogP contribution in [0.5, 0.6) is 0 Å². The van der Waals surface area contributed by atoms with Gasteiger partial charge in [-0.2, -0.15) is 0 Å². The van der Waals surface area contributed by atoms with Crippen LogP contribution in [0.1, 0.15) is 5.69 Å². The summed E-state index contributed by atoms with van der Waals surface area (Å²) in [6, 6.07) is 10.1. The molecule has 0 aliphatic rings. The second-order valence-corrected chi connectivity index (χ2v) is 5.13. The van der Waals surface area contributed by atoms with Gasteiger partial charge in [0.25, 0.3) is 0 Å². The van der Waals surface area contributed by atoms with Gasteiger partial charge in [-0.05, 0) is 15.9 Å². The molecule has 0 saturated heterocycles. The lowest BCUT2D eigenvalue weighted by atomic mass is 10.2. The van der Waals surface area contributed by atoms with Crippen LogP contribution in [-0.4, -0.2) is 4.98 Å². The summed E-state index contributed by atoms with van der Waals surface area (Å²) in [7, 11) is 0. The summed E-state index contributed by atoms with van der Waals surface area (Å²) < 4.78 is 1.03. The Kier molecular flexibility index (Phi) is 2.96. The average molecular weight is 269 g/mol. The molecule has 0 atom stereocenters. The molecular formula is C10H9BrN2S. The van der Waals surface area contributed by atoms with Crippen LogP contribution in [0.15, 0.2) is 34.1 Å². The minimum Gasteiger partial charge on any atom is -0.325 e. The highest BCUT2D eigenvalue weighted by atomic mass is 79.9. The van der Waals surface area contributed by atoms with E-state index in [-0.39, 0.29) is 0 Å². The van der Waals surface area contributed by atoms with Crippen LogP contribution in [0.4, 0.5) is 0 Å². The molecule has 0 spiro atoms. The second kappa shape index (κ2) is 4.21. The Bertz CT molecular complexity index is 425. The van der Waals surface area contributed by atoms with Gasteiger partial charge in [0.05, 0.1) is 9.48 Å². The molecule has 0 saturated carbocycles. The van der Waals surface area contributed by atoms with E-state index >= 15 is 0 Å². The molecule has 2 N–H and O–H groups in total. The number of nitrogens with two attached hydrogens (primary N) is 1. The van der Waals surface area contributed by atoms with Crippen molar-refractivity contribution in [2.45, 2.75) is 6.54 Å². The Morgan fingerprint density at radius 1 is 1.29 bits per heavy atom. The van der Waals surface area contributed by atoms with Crippen molar-refractivity contribution in [2.75, 3.05) is 0 Å². The molecule has 0 unspecified atom stereocenters. The summed E-state index contributed by atoms with van der Waals surface area (Å²) in [6.45, 7) is 0.476. The largest absolute Gasteiger partial charge is 0.325 e. The van der Waals surface area contributed by atoms with Crippen LogP contribution in [0, 0.1) is 0 Å². The van der Waals surface area contributed by atoms with E-state index in [1.807, 2.05) is 30.3 Å². The molecular weight excluding hydrogens is 260 g/mol. The molecule has 0 aliphatic carbocycles. The maximum Gasteiger partial charge on any atom is 0.124 e. The topological polar surface area (TPSA) is 38.9 Å². The van der Waals surface area contributed by atoms with E-state index in [4.69, 9.17) is 5.73 Å². The third-order valence-electron chi connectivity index (χ3n) is 1.86. The van der Waals surface area contributed by atoms with Crippen LogP contribution in [0.2, 0.25) is 0 Å². The van der Waals surface area contributed by atoms with E-state index in [0.717, 1.165) is 20.1 Å². The summed E-state index contributed by atoms with van der Waals surface area (Å²) in [4.78, 5) is 4.45. The predicted octanol–water partition coefficient (Wildman–Crippen LogP) is 3.03. The molecule has 0 radical (unpaired) electrons. The van der Waals surface area contributed by atoms with Crippen LogP contribution >= 0.6 is 27.3 Å². The van der Waals surface area contributed by atoms with Crippen molar-refractivity contribution in [3.63, 3.8) is 0 Å². The molecule has 0 aliphatic heterocycles. The number of rotatable bonds is 2. The molecule has 1 aromatic heterocycles. The van der Waals surface area contributed by atoms with Crippen molar-refractivity contribution < 1.29 is 0 Å². The van der Waals surface area contributed by atoms with Crippen molar-refractivity contribution in [1.82, 2.24) is 4.98 Å². The number of hydrogen-bond donors (Lipinski definition) is 1. The van der Waals surface area contributed by atoms with Gasteiger partial charge in [-0.3, -0.25) is 0 Å². The van der Waals surface area contributed by atoms with E-state index in [0.29, 0.717) is 6.54 Å². The van der Waals surface area contributed by atoms with Crippen LogP contribution < -0.4 is 5.73 Å². The van der Waals surface area contributed by atoms with Crippen molar-refractivity contribution in [1.29, 1.82) is 0 Å². The second-order valence-electron chi connectivity index (χ2n) is 2.81. The number of benzene rings is 1. The lowest BCUT2D eigenvalue weighted by Crippen LogP contribution is -1.96. The summed E-state index contributed by atoms with van der Waals surface area (Å²) in [6.07, 6.45) is 0. The standard InChI is InChI=1S/C10H9BrN2S/c11-9-8(6-12)13-10(14-9)7-4-2-1-3-5-7/h1-5H,6,12H2. The van der Waals surface area contributed by atoms with E-state index in [1.165, 1.54) is 0 Å². The van der Waals surface area contributed by atoms with Gasteiger partial charge in [-0.15, -0.1) is 11.3 Å². The van der Waals surface area contributed by atoms with Gasteiger partial charge in [-0.25, -0.2) is 4.98 Å². The Balaban J connectivity index is 2.43. The lowest BCUT2D eigenvalue weighted by molar-refractivity contribution is 1.01. The third kappa shape index (κ3) is 1.87. The first-order chi connectivity index (χ1) is 6.81. The Hall–Kier alpha value is -0.710. The maximum absolute atomic E-state index is 5.56. The van der Waals surface area contributed by atoms with Gasteiger partial charge < -0.3 is 5.73 Å². The number of thiazole rings is 1. The monoisotopic (exact) mass is 268 g/mol. The first-order valence-corrected chi connectivity index (χ1v) is 5.83. The summed E-state index contributed by atoms with van der Waals surface area (Å²) in [5.41, 5.74) is 7.62. The first-order valence-electron chi connectivity index (χ1n) is 4.22. The first kappa shape index (κ1) is 9.83. The van der Waals surface area contributed by atoms with E-state index in [1.54, 1.807) is 11.3 Å². The van der Waals surface area contributed by atoms with Crippen LogP contribution in [0.25, 0.3) is 10.6 Å². The van der Waals surface area contributed by atoms with Crippen LogP contribution in [0.3, 0.4) is 0 Å². The third-order valence-corrected chi connectivity index (χ3v) is 3.74. The Morgan fingerprint density at radius 3 is 2.57 bits per heavy atom. The predicted molar refractivity (Wildman–Crippen MR) is 63.1 cm³/mol. The molecule has 0 bridgehead atoms. The van der Waals surface area contributed by atoms with Gasteiger partial charge in [0.1, 0.15) is 5.01 Å². The molecule has 1 aromatic carbocycles. The molecule has 1 heterocycles. The minimum atomic E-state index is 0.476. The number of hydrogen-bond acceptors (Lipinski definition) is 3. The summed E-state index contributed by atoms with van der Waals surface area (Å²) in [5.74, 6) is 0. The molecule has 2 rings (SSSR count). The molecule has 14 heavy (non-hydrogen) atoms. The van der Waals surface area contributed by atoms with E-state index in [2.05, 4.69) is 20.9 Å². The SMILES string of the molecule is NCc1nc(-c2ccccc2)sc1Br. The Morgan fingerprint density at radius 2 is 2.00 bits per heavy atom. The van der Waals surface area contributed by atoms with Crippen LogP contribution in [-0.2, 0) is 6.54 Å². The fraction of sp³-hybridized carbons (Fsp3) is 0.100. The normalized spacial score (nSPS) is 10.4. The van der Waals surface area contributed by atoms with E-state index < -0.39 is 0 Å². The molecule has 0 amide bonds.